The zero-order chi connectivity index (χ0) is 32.1. The van der Waals surface area contributed by atoms with Crippen LogP contribution < -0.4 is 4.74 Å². The molecule has 6 aromatic rings. The van der Waals surface area contributed by atoms with Crippen LogP contribution in [-0.2, 0) is 24.7 Å². The van der Waals surface area contributed by atoms with Crippen LogP contribution >= 0.6 is 0 Å². The van der Waals surface area contributed by atoms with Crippen LogP contribution in [0.3, 0.4) is 0 Å². The van der Waals surface area contributed by atoms with Crippen molar-refractivity contribution in [3.63, 3.8) is 0 Å². The van der Waals surface area contributed by atoms with Gasteiger partial charge in [0.25, 0.3) is 0 Å². The Morgan fingerprint density at radius 2 is 1.65 bits per heavy atom. The van der Waals surface area contributed by atoms with Crippen molar-refractivity contribution in [3.8, 4) is 29.0 Å². The average molecular weight is 627 g/mol. The van der Waals surface area contributed by atoms with Gasteiger partial charge in [-0.2, -0.15) is 8.78 Å². The van der Waals surface area contributed by atoms with Gasteiger partial charge in [-0.3, -0.25) is 4.98 Å². The molecule has 0 spiro atoms. The largest absolute Gasteiger partial charge is 0.489 e. The van der Waals surface area contributed by atoms with Gasteiger partial charge in [0.05, 0.1) is 12.7 Å². The van der Waals surface area contributed by atoms with Crippen molar-refractivity contribution in [2.45, 2.75) is 24.7 Å². The van der Waals surface area contributed by atoms with Crippen molar-refractivity contribution in [1.82, 2.24) is 30.2 Å². The first-order valence-electron chi connectivity index (χ1n) is 13.7. The molecule has 13 heteroatoms. The van der Waals surface area contributed by atoms with E-state index in [0.29, 0.717) is 35.4 Å². The van der Waals surface area contributed by atoms with Gasteiger partial charge in [-0.15, -0.1) is 5.10 Å². The van der Waals surface area contributed by atoms with Crippen molar-refractivity contribution in [2.75, 3.05) is 0 Å². The van der Waals surface area contributed by atoms with Gasteiger partial charge < -0.3 is 14.3 Å². The predicted molar refractivity (Wildman–Crippen MR) is 155 cm³/mol. The summed E-state index contributed by atoms with van der Waals surface area (Å²) in [4.78, 5) is 7.94. The van der Waals surface area contributed by atoms with Crippen LogP contribution in [0.5, 0.6) is 5.75 Å². The lowest BCUT2D eigenvalue weighted by atomic mass is 9.84. The van der Waals surface area contributed by atoms with Crippen molar-refractivity contribution in [1.29, 1.82) is 0 Å². The number of halogens is 4. The van der Waals surface area contributed by atoms with Gasteiger partial charge >= 0.3 is 5.92 Å². The number of alkyl halides is 2. The summed E-state index contributed by atoms with van der Waals surface area (Å²) in [5.41, 5.74) is -2.19. The molecule has 3 heterocycles. The first kappa shape index (κ1) is 30.2. The van der Waals surface area contributed by atoms with Crippen molar-refractivity contribution < 1.29 is 31.8 Å². The Morgan fingerprint density at radius 3 is 2.30 bits per heavy atom. The maximum absolute atomic E-state index is 15.9. The molecule has 46 heavy (non-hydrogen) atoms. The SMILES string of the molecule is OC(Cn1cnnn1)(c1ccc(F)cc1F)C(F)(F)c1ccc(C#Cc2ccc(OCc3ccc(-c4ncco4)cc3)cc2)cn1. The summed E-state index contributed by atoms with van der Waals surface area (Å²) in [6.07, 6.45) is 5.19. The molecule has 0 fully saturated rings. The number of tetrazole rings is 1. The Labute approximate surface area is 259 Å². The minimum Gasteiger partial charge on any atom is -0.489 e. The molecule has 0 radical (unpaired) electrons. The highest BCUT2D eigenvalue weighted by atomic mass is 19.3. The minimum atomic E-state index is -4.17. The highest BCUT2D eigenvalue weighted by molar-refractivity contribution is 5.53. The molecule has 3 aromatic heterocycles. The highest BCUT2D eigenvalue weighted by Crippen LogP contribution is 2.46. The summed E-state index contributed by atoms with van der Waals surface area (Å²) < 4.78 is 72.1. The molecule has 6 rings (SSSR count). The number of oxazole rings is 1. The zero-order valence-corrected chi connectivity index (χ0v) is 23.7. The Kier molecular flexibility index (Phi) is 8.28. The molecule has 0 saturated carbocycles. The lowest BCUT2D eigenvalue weighted by Gasteiger charge is -2.35. The second kappa shape index (κ2) is 12.6. The molecule has 0 aliphatic heterocycles. The third-order valence-corrected chi connectivity index (χ3v) is 7.01. The van der Waals surface area contributed by atoms with Crippen molar-refractivity contribution in [2.24, 2.45) is 0 Å². The van der Waals surface area contributed by atoms with Crippen LogP contribution in [0.4, 0.5) is 17.6 Å². The normalized spacial score (nSPS) is 12.6. The van der Waals surface area contributed by atoms with E-state index in [0.717, 1.165) is 46.5 Å². The molecule has 1 N–H and O–H groups in total. The number of rotatable bonds is 9. The fourth-order valence-electron chi connectivity index (χ4n) is 4.59. The predicted octanol–water partition coefficient (Wildman–Crippen LogP) is 5.66. The molecule has 0 aliphatic carbocycles. The number of pyridine rings is 1. The third kappa shape index (κ3) is 6.33. The molecule has 3 aromatic carbocycles. The van der Waals surface area contributed by atoms with Gasteiger partial charge in [0.15, 0.2) is 5.60 Å². The second-order valence-electron chi connectivity index (χ2n) is 10.1. The van der Waals surface area contributed by atoms with Crippen LogP contribution in [-0.4, -0.2) is 35.3 Å². The van der Waals surface area contributed by atoms with E-state index in [9.17, 15) is 13.9 Å². The first-order chi connectivity index (χ1) is 22.2. The average Bonchev–Trinajstić information content (AvgIpc) is 3.79. The van der Waals surface area contributed by atoms with E-state index in [-0.39, 0.29) is 0 Å². The lowest BCUT2D eigenvalue weighted by Crippen LogP contribution is -2.48. The lowest BCUT2D eigenvalue weighted by molar-refractivity contribution is -0.207. The Hall–Kier alpha value is -5.87. The fourth-order valence-corrected chi connectivity index (χ4v) is 4.59. The van der Waals surface area contributed by atoms with Crippen LogP contribution in [0, 0.1) is 23.5 Å². The van der Waals surface area contributed by atoms with Gasteiger partial charge in [0.2, 0.25) is 5.89 Å². The van der Waals surface area contributed by atoms with Gasteiger partial charge in [-0.25, -0.2) is 18.4 Å². The third-order valence-electron chi connectivity index (χ3n) is 7.01. The zero-order valence-electron chi connectivity index (χ0n) is 23.7. The summed E-state index contributed by atoms with van der Waals surface area (Å²) in [7, 11) is 0. The fraction of sp³-hybridized carbons (Fsp3) is 0.121. The molecule has 0 amide bonds. The van der Waals surface area contributed by atoms with Gasteiger partial charge in [-0.1, -0.05) is 24.0 Å². The number of hydrogen-bond acceptors (Lipinski definition) is 8. The summed E-state index contributed by atoms with van der Waals surface area (Å²) >= 11 is 0. The van der Waals surface area contributed by atoms with Crippen molar-refractivity contribution in [3.05, 3.63) is 143 Å². The summed E-state index contributed by atoms with van der Waals surface area (Å²) in [5.74, 6) is 0.412. The topological polar surface area (TPSA) is 112 Å². The van der Waals surface area contributed by atoms with E-state index < -0.39 is 41.0 Å². The van der Waals surface area contributed by atoms with E-state index in [2.05, 4.69) is 37.3 Å². The van der Waals surface area contributed by atoms with Crippen LogP contribution in [0.1, 0.15) is 27.9 Å². The van der Waals surface area contributed by atoms with Crippen LogP contribution in [0.2, 0.25) is 0 Å². The molecule has 230 valence electrons. The van der Waals surface area contributed by atoms with Crippen molar-refractivity contribution >= 4 is 0 Å². The summed E-state index contributed by atoms with van der Waals surface area (Å²) in [6.45, 7) is -0.605. The monoisotopic (exact) mass is 626 g/mol. The van der Waals surface area contributed by atoms with Crippen LogP contribution in [0.25, 0.3) is 11.5 Å². The number of aromatic nitrogens is 6. The van der Waals surface area contributed by atoms with E-state index in [4.69, 9.17) is 9.15 Å². The number of hydrogen-bond donors (Lipinski definition) is 1. The molecule has 9 nitrogen and oxygen atoms in total. The van der Waals surface area contributed by atoms with E-state index in [1.807, 2.05) is 24.3 Å². The molecule has 0 saturated heterocycles. The number of benzene rings is 3. The summed E-state index contributed by atoms with van der Waals surface area (Å²) in [5, 5.41) is 21.5. The first-order valence-corrected chi connectivity index (χ1v) is 13.7. The van der Waals surface area contributed by atoms with Gasteiger partial charge in [-0.05, 0) is 76.7 Å². The standard InChI is InChI=1S/C33H22F4N6O3/c34-26-10-13-28(29(35)17-26)32(44,20-43-21-40-41-42-43)33(36,37)30-14-7-23(18-39-30)2-1-22-5-11-27(12-6-22)46-19-24-3-8-25(9-4-24)31-38-15-16-45-31/h3-18,21,44H,19-20H2. The molecule has 1 unspecified atom stereocenters. The van der Waals surface area contributed by atoms with E-state index >= 15 is 8.78 Å². The minimum absolute atomic E-state index is 0.310. The molecule has 0 aliphatic rings. The highest BCUT2D eigenvalue weighted by Gasteiger charge is 2.58. The maximum atomic E-state index is 15.9. The van der Waals surface area contributed by atoms with E-state index in [1.54, 1.807) is 30.5 Å². The molecular formula is C33H22F4N6O3. The Morgan fingerprint density at radius 1 is 0.891 bits per heavy atom. The Balaban J connectivity index is 1.14. The Bertz CT molecular complexity index is 1980. The summed E-state index contributed by atoms with van der Waals surface area (Å²) in [6, 6.07) is 18.8. The second-order valence-corrected chi connectivity index (χ2v) is 10.1. The molecule has 0 bridgehead atoms. The maximum Gasteiger partial charge on any atom is 0.323 e. The van der Waals surface area contributed by atoms with E-state index in [1.165, 1.54) is 12.3 Å². The number of aliphatic hydroxyl groups is 1. The van der Waals surface area contributed by atoms with Crippen LogP contribution in [0.15, 0.2) is 108 Å². The van der Waals surface area contributed by atoms with Gasteiger partial charge in [0, 0.05) is 34.5 Å². The smallest absolute Gasteiger partial charge is 0.323 e. The number of nitrogens with zero attached hydrogens (tertiary/aromatic N) is 6. The molecule has 1 atom stereocenters. The molecular weight excluding hydrogens is 604 g/mol. The quantitative estimate of drug-likeness (QED) is 0.162. The number of ether oxygens (including phenoxy) is 1. The van der Waals surface area contributed by atoms with Gasteiger partial charge in [0.1, 0.15) is 42.3 Å².